The molecule has 0 saturated heterocycles. The molecule has 0 aliphatic rings. The van der Waals surface area contributed by atoms with Crippen LogP contribution in [0.2, 0.25) is 10.0 Å². The second kappa shape index (κ2) is 2.59. The van der Waals surface area contributed by atoms with Crippen LogP contribution >= 0.6 is 34.7 Å². The quantitative estimate of drug-likeness (QED) is 0.660. The lowest BCUT2D eigenvalue weighted by Crippen LogP contribution is -1.70. The first-order chi connectivity index (χ1) is 5.29. The van der Waals surface area contributed by atoms with E-state index in [1.807, 2.05) is 0 Å². The fourth-order valence-corrected chi connectivity index (χ4v) is 1.87. The highest BCUT2D eigenvalue weighted by atomic mass is 35.5. The van der Waals surface area contributed by atoms with Gasteiger partial charge in [-0.2, -0.15) is 0 Å². The average molecular weight is 205 g/mol. The number of halogens is 2. The molecule has 0 unspecified atom stereocenters. The minimum Gasteiger partial charge on any atom is -0.138 e. The molecule has 0 atom stereocenters. The molecular formula is C6H2Cl2N2S. The van der Waals surface area contributed by atoms with Crippen molar-refractivity contribution in [1.29, 1.82) is 0 Å². The Morgan fingerprint density at radius 1 is 1.27 bits per heavy atom. The van der Waals surface area contributed by atoms with Crippen LogP contribution in [0.3, 0.4) is 0 Å². The van der Waals surface area contributed by atoms with Crippen LogP contribution in [-0.4, -0.2) is 9.59 Å². The molecule has 1 heterocycles. The summed E-state index contributed by atoms with van der Waals surface area (Å²) < 4.78 is 4.60. The van der Waals surface area contributed by atoms with Crippen molar-refractivity contribution >= 4 is 45.0 Å². The van der Waals surface area contributed by atoms with Crippen LogP contribution in [0.1, 0.15) is 0 Å². The SMILES string of the molecule is Clc1ccc2nnsc2c1Cl. The highest BCUT2D eigenvalue weighted by Gasteiger charge is 2.05. The third-order valence-electron chi connectivity index (χ3n) is 1.31. The molecule has 5 heteroatoms. The highest BCUT2D eigenvalue weighted by molar-refractivity contribution is 7.13. The van der Waals surface area contributed by atoms with Gasteiger partial charge >= 0.3 is 0 Å². The molecule has 2 rings (SSSR count). The molecule has 0 amide bonds. The first-order valence-corrected chi connectivity index (χ1v) is 4.38. The molecule has 0 N–H and O–H groups in total. The topological polar surface area (TPSA) is 25.8 Å². The number of aromatic nitrogens is 2. The Morgan fingerprint density at radius 3 is 2.91 bits per heavy atom. The summed E-state index contributed by atoms with van der Waals surface area (Å²) in [5.74, 6) is 0. The van der Waals surface area contributed by atoms with Gasteiger partial charge in [0.25, 0.3) is 0 Å². The maximum absolute atomic E-state index is 5.87. The molecule has 0 aliphatic carbocycles. The van der Waals surface area contributed by atoms with Crippen molar-refractivity contribution in [1.82, 2.24) is 9.59 Å². The van der Waals surface area contributed by atoms with Gasteiger partial charge in [-0.05, 0) is 23.7 Å². The summed E-state index contributed by atoms with van der Waals surface area (Å²) >= 11 is 12.9. The second-order valence-electron chi connectivity index (χ2n) is 1.98. The zero-order chi connectivity index (χ0) is 7.84. The maximum atomic E-state index is 5.87. The predicted molar refractivity (Wildman–Crippen MR) is 47.4 cm³/mol. The summed E-state index contributed by atoms with van der Waals surface area (Å²) in [7, 11) is 0. The van der Waals surface area contributed by atoms with Crippen molar-refractivity contribution in [3.05, 3.63) is 22.2 Å². The van der Waals surface area contributed by atoms with Crippen LogP contribution in [-0.2, 0) is 0 Å². The molecule has 2 nitrogen and oxygen atoms in total. The van der Waals surface area contributed by atoms with E-state index in [1.54, 1.807) is 12.1 Å². The number of rotatable bonds is 0. The first kappa shape index (κ1) is 7.28. The number of nitrogens with zero attached hydrogens (tertiary/aromatic N) is 2. The zero-order valence-electron chi connectivity index (χ0n) is 5.21. The number of benzene rings is 1. The van der Waals surface area contributed by atoms with E-state index in [4.69, 9.17) is 23.2 Å². The normalized spacial score (nSPS) is 10.7. The van der Waals surface area contributed by atoms with E-state index in [2.05, 4.69) is 9.59 Å². The van der Waals surface area contributed by atoms with E-state index >= 15 is 0 Å². The van der Waals surface area contributed by atoms with Gasteiger partial charge in [0.2, 0.25) is 0 Å². The summed E-state index contributed by atoms with van der Waals surface area (Å²) in [5, 5.41) is 4.93. The van der Waals surface area contributed by atoms with Crippen molar-refractivity contribution < 1.29 is 0 Å². The van der Waals surface area contributed by atoms with E-state index in [0.29, 0.717) is 10.0 Å². The highest BCUT2D eigenvalue weighted by Crippen LogP contribution is 2.31. The third kappa shape index (κ3) is 1.09. The molecule has 0 radical (unpaired) electrons. The Hall–Kier alpha value is -0.380. The molecule has 0 fully saturated rings. The monoisotopic (exact) mass is 204 g/mol. The lowest BCUT2D eigenvalue weighted by atomic mass is 10.3. The van der Waals surface area contributed by atoms with Crippen LogP contribution < -0.4 is 0 Å². The van der Waals surface area contributed by atoms with Gasteiger partial charge in [-0.3, -0.25) is 0 Å². The predicted octanol–water partition coefficient (Wildman–Crippen LogP) is 3.00. The number of hydrogen-bond donors (Lipinski definition) is 0. The smallest absolute Gasteiger partial charge is 0.107 e. The molecule has 2 aromatic rings. The fraction of sp³-hybridized carbons (Fsp3) is 0. The molecular weight excluding hydrogens is 203 g/mol. The molecule has 1 aromatic carbocycles. The van der Waals surface area contributed by atoms with Gasteiger partial charge in [0.05, 0.1) is 14.7 Å². The van der Waals surface area contributed by atoms with Crippen LogP contribution in [0.4, 0.5) is 0 Å². The van der Waals surface area contributed by atoms with Crippen molar-refractivity contribution in [2.24, 2.45) is 0 Å². The Labute approximate surface area is 76.9 Å². The maximum Gasteiger partial charge on any atom is 0.107 e. The largest absolute Gasteiger partial charge is 0.138 e. The fourth-order valence-electron chi connectivity index (χ4n) is 0.793. The molecule has 0 spiro atoms. The lowest BCUT2D eigenvalue weighted by Gasteiger charge is -1.92. The molecule has 56 valence electrons. The summed E-state index contributed by atoms with van der Waals surface area (Å²) in [6.07, 6.45) is 0. The van der Waals surface area contributed by atoms with Crippen molar-refractivity contribution in [3.8, 4) is 0 Å². The molecule has 1 aromatic heterocycles. The third-order valence-corrected chi connectivity index (χ3v) is 2.99. The van der Waals surface area contributed by atoms with Gasteiger partial charge in [-0.25, -0.2) is 0 Å². The van der Waals surface area contributed by atoms with Gasteiger partial charge in [-0.15, -0.1) is 5.10 Å². The van der Waals surface area contributed by atoms with E-state index in [-0.39, 0.29) is 0 Å². The molecule has 0 bridgehead atoms. The standard InChI is InChI=1S/C6H2Cl2N2S/c7-3-1-2-4-6(5(3)8)11-10-9-4/h1-2H. The lowest BCUT2D eigenvalue weighted by molar-refractivity contribution is 1.20. The van der Waals surface area contributed by atoms with Crippen LogP contribution in [0, 0.1) is 0 Å². The average Bonchev–Trinajstić information content (AvgIpc) is 2.45. The van der Waals surface area contributed by atoms with Crippen molar-refractivity contribution in [3.63, 3.8) is 0 Å². The minimum absolute atomic E-state index is 0.541. The summed E-state index contributed by atoms with van der Waals surface area (Å²) in [6, 6.07) is 3.51. The van der Waals surface area contributed by atoms with Gasteiger partial charge in [-0.1, -0.05) is 27.7 Å². The van der Waals surface area contributed by atoms with Crippen molar-refractivity contribution in [2.75, 3.05) is 0 Å². The van der Waals surface area contributed by atoms with Crippen LogP contribution in [0.25, 0.3) is 10.2 Å². The Kier molecular flexibility index (Phi) is 1.71. The second-order valence-corrected chi connectivity index (χ2v) is 3.52. The molecule has 0 saturated carbocycles. The summed E-state index contributed by atoms with van der Waals surface area (Å²) in [5.41, 5.74) is 0.796. The molecule has 0 aliphatic heterocycles. The summed E-state index contributed by atoms with van der Waals surface area (Å²) in [4.78, 5) is 0. The van der Waals surface area contributed by atoms with Gasteiger partial charge in [0.15, 0.2) is 0 Å². The Bertz CT molecular complexity index is 398. The van der Waals surface area contributed by atoms with Gasteiger partial charge in [0.1, 0.15) is 5.52 Å². The van der Waals surface area contributed by atoms with Crippen LogP contribution in [0.15, 0.2) is 12.1 Å². The Morgan fingerprint density at radius 2 is 2.09 bits per heavy atom. The van der Waals surface area contributed by atoms with Gasteiger partial charge < -0.3 is 0 Å². The summed E-state index contributed by atoms with van der Waals surface area (Å²) in [6.45, 7) is 0. The number of fused-ring (bicyclic) bond motifs is 1. The van der Waals surface area contributed by atoms with Gasteiger partial charge in [0, 0.05) is 0 Å². The van der Waals surface area contributed by atoms with E-state index in [0.717, 1.165) is 10.2 Å². The van der Waals surface area contributed by atoms with Crippen molar-refractivity contribution in [2.45, 2.75) is 0 Å². The van der Waals surface area contributed by atoms with Crippen LogP contribution in [0.5, 0.6) is 0 Å². The zero-order valence-corrected chi connectivity index (χ0v) is 7.54. The minimum atomic E-state index is 0.541. The number of hydrogen-bond acceptors (Lipinski definition) is 3. The van der Waals surface area contributed by atoms with E-state index in [9.17, 15) is 0 Å². The molecule has 11 heavy (non-hydrogen) atoms. The first-order valence-electron chi connectivity index (χ1n) is 2.85. The van der Waals surface area contributed by atoms with E-state index < -0.39 is 0 Å². The van der Waals surface area contributed by atoms with E-state index in [1.165, 1.54) is 11.5 Å². The Balaban J connectivity index is 2.93.